The van der Waals surface area contributed by atoms with Crippen LogP contribution in [0.3, 0.4) is 0 Å². The molecule has 13 heavy (non-hydrogen) atoms. The van der Waals surface area contributed by atoms with Crippen LogP contribution in [0.5, 0.6) is 5.75 Å². The minimum Gasteiger partial charge on any atom is -0.492 e. The number of rotatable bonds is 1. The van der Waals surface area contributed by atoms with Crippen molar-refractivity contribution in [2.24, 2.45) is 0 Å². The lowest BCUT2D eigenvalue weighted by molar-refractivity contribution is 0.356. The van der Waals surface area contributed by atoms with E-state index in [1.165, 1.54) is 0 Å². The van der Waals surface area contributed by atoms with E-state index in [-0.39, 0.29) is 14.7 Å². The van der Waals surface area contributed by atoms with Crippen LogP contribution in [0, 0.1) is 17.5 Å². The molecule has 0 radical (unpaired) electrons. The van der Waals surface area contributed by atoms with Gasteiger partial charge in [0.05, 0.1) is 16.1 Å². The molecule has 0 aliphatic rings. The highest BCUT2D eigenvalue weighted by Crippen LogP contribution is 2.38. The van der Waals surface area contributed by atoms with Crippen LogP contribution in [0.25, 0.3) is 0 Å². The first-order valence-electron chi connectivity index (χ1n) is 3.06. The molecule has 1 aromatic carbocycles. The first kappa shape index (κ1) is 10.8. The van der Waals surface area contributed by atoms with Gasteiger partial charge in [-0.25, -0.2) is 8.78 Å². The van der Waals surface area contributed by atoms with Gasteiger partial charge < -0.3 is 4.74 Å². The van der Waals surface area contributed by atoms with Crippen LogP contribution in [-0.2, 0) is 0 Å². The van der Waals surface area contributed by atoms with Gasteiger partial charge in [0.2, 0.25) is 5.82 Å². The molecule has 0 saturated heterocycles. The minimum absolute atomic E-state index is 0.00593. The second-order valence-corrected chi connectivity index (χ2v) is 3.69. The van der Waals surface area contributed by atoms with Gasteiger partial charge in [0.25, 0.3) is 0 Å². The van der Waals surface area contributed by atoms with Crippen LogP contribution in [0.1, 0.15) is 0 Å². The molecule has 0 saturated carbocycles. The van der Waals surface area contributed by atoms with E-state index in [1.54, 1.807) is 0 Å². The molecule has 0 amide bonds. The van der Waals surface area contributed by atoms with Gasteiger partial charge in [0.1, 0.15) is 0 Å². The third-order valence-corrected chi connectivity index (χ3v) is 3.41. The number of hydrogen-bond acceptors (Lipinski definition) is 1. The first-order valence-corrected chi connectivity index (χ1v) is 4.64. The van der Waals surface area contributed by atoms with Gasteiger partial charge in [0.15, 0.2) is 17.4 Å². The van der Waals surface area contributed by atoms with E-state index in [0.29, 0.717) is 0 Å². The SMILES string of the molecule is COc1c(F)c(F)c(F)c(Br)c1Br. The summed E-state index contributed by atoms with van der Waals surface area (Å²) in [5.74, 6) is -4.57. The zero-order valence-corrected chi connectivity index (χ0v) is 9.47. The predicted molar refractivity (Wildman–Crippen MR) is 48.3 cm³/mol. The topological polar surface area (TPSA) is 9.23 Å². The van der Waals surface area contributed by atoms with Gasteiger partial charge in [-0.05, 0) is 31.9 Å². The summed E-state index contributed by atoms with van der Waals surface area (Å²) in [6, 6.07) is 0. The Bertz CT molecular complexity index is 325. The zero-order chi connectivity index (χ0) is 10.2. The molecule has 0 aliphatic heterocycles. The van der Waals surface area contributed by atoms with Crippen molar-refractivity contribution in [1.82, 2.24) is 0 Å². The molecule has 0 N–H and O–H groups in total. The number of ether oxygens (including phenoxy) is 1. The Balaban J connectivity index is 3.56. The fourth-order valence-corrected chi connectivity index (χ4v) is 1.63. The van der Waals surface area contributed by atoms with Crippen LogP contribution in [-0.4, -0.2) is 7.11 Å². The van der Waals surface area contributed by atoms with E-state index in [9.17, 15) is 13.2 Å². The Morgan fingerprint density at radius 3 is 1.92 bits per heavy atom. The second kappa shape index (κ2) is 3.88. The average molecular weight is 320 g/mol. The normalized spacial score (nSPS) is 10.3. The summed E-state index contributed by atoms with van der Waals surface area (Å²) in [5, 5.41) is 0. The quantitative estimate of drug-likeness (QED) is 0.567. The Kier molecular flexibility index (Phi) is 3.23. The van der Waals surface area contributed by atoms with Crippen LogP contribution in [0.4, 0.5) is 13.2 Å². The molecule has 0 unspecified atom stereocenters. The fourth-order valence-electron chi connectivity index (χ4n) is 0.764. The van der Waals surface area contributed by atoms with Gasteiger partial charge in [0, 0.05) is 0 Å². The van der Waals surface area contributed by atoms with Crippen molar-refractivity contribution in [2.75, 3.05) is 7.11 Å². The molecule has 0 aliphatic carbocycles. The maximum atomic E-state index is 12.9. The molecule has 0 fully saturated rings. The lowest BCUT2D eigenvalue weighted by atomic mass is 10.3. The molecule has 1 aromatic rings. The number of methoxy groups -OCH3 is 1. The van der Waals surface area contributed by atoms with Crippen molar-refractivity contribution in [2.45, 2.75) is 0 Å². The van der Waals surface area contributed by atoms with Gasteiger partial charge in [-0.15, -0.1) is 0 Å². The minimum atomic E-state index is -1.56. The van der Waals surface area contributed by atoms with Gasteiger partial charge in [-0.2, -0.15) is 4.39 Å². The third-order valence-electron chi connectivity index (χ3n) is 1.37. The average Bonchev–Trinajstić information content (AvgIpc) is 2.13. The maximum Gasteiger partial charge on any atom is 0.204 e. The van der Waals surface area contributed by atoms with E-state index in [0.717, 1.165) is 7.11 Å². The summed E-state index contributed by atoms with van der Waals surface area (Å²) in [6.07, 6.45) is 0. The maximum absolute atomic E-state index is 12.9. The smallest absolute Gasteiger partial charge is 0.204 e. The Morgan fingerprint density at radius 1 is 0.923 bits per heavy atom. The van der Waals surface area contributed by atoms with Crippen LogP contribution >= 0.6 is 31.9 Å². The summed E-state index contributed by atoms with van der Waals surface area (Å²) in [7, 11) is 1.16. The van der Waals surface area contributed by atoms with Crippen molar-refractivity contribution >= 4 is 31.9 Å². The van der Waals surface area contributed by atoms with Crippen molar-refractivity contribution in [3.8, 4) is 5.75 Å². The molecular formula is C7H3Br2F3O. The fraction of sp³-hybridized carbons (Fsp3) is 0.143. The van der Waals surface area contributed by atoms with Gasteiger partial charge in [-0.3, -0.25) is 0 Å². The van der Waals surface area contributed by atoms with E-state index < -0.39 is 17.5 Å². The molecule has 1 nitrogen and oxygen atoms in total. The summed E-state index contributed by atoms with van der Waals surface area (Å²) in [6.45, 7) is 0. The molecule has 6 heteroatoms. The highest BCUT2D eigenvalue weighted by Gasteiger charge is 2.22. The molecule has 0 spiro atoms. The number of hydrogen-bond donors (Lipinski definition) is 0. The highest BCUT2D eigenvalue weighted by molar-refractivity contribution is 9.13. The van der Waals surface area contributed by atoms with E-state index >= 15 is 0 Å². The highest BCUT2D eigenvalue weighted by atomic mass is 79.9. The summed E-state index contributed by atoms with van der Waals surface area (Å²) < 4.78 is 42.8. The van der Waals surface area contributed by atoms with Crippen molar-refractivity contribution in [3.63, 3.8) is 0 Å². The van der Waals surface area contributed by atoms with Gasteiger partial charge in [-0.1, -0.05) is 0 Å². The van der Waals surface area contributed by atoms with Gasteiger partial charge >= 0.3 is 0 Å². The van der Waals surface area contributed by atoms with Crippen LogP contribution in [0.15, 0.2) is 8.95 Å². The molecule has 1 rings (SSSR count). The molecule has 0 aromatic heterocycles. The molecule has 72 valence electrons. The third kappa shape index (κ3) is 1.69. The summed E-state index contributed by atoms with van der Waals surface area (Å²) in [5.41, 5.74) is 0. The summed E-state index contributed by atoms with van der Waals surface area (Å²) >= 11 is 5.60. The zero-order valence-electron chi connectivity index (χ0n) is 6.30. The number of benzene rings is 1. The monoisotopic (exact) mass is 318 g/mol. The predicted octanol–water partition coefficient (Wildman–Crippen LogP) is 3.64. The standard InChI is InChI=1S/C7H3Br2F3O/c1-13-7-3(9)2(8)4(10)5(11)6(7)12/h1H3. The van der Waals surface area contributed by atoms with E-state index in [1.807, 2.05) is 0 Å². The first-order chi connectivity index (χ1) is 6.00. The Labute approximate surface area is 89.1 Å². The van der Waals surface area contributed by atoms with Crippen molar-refractivity contribution < 1.29 is 17.9 Å². The summed E-state index contributed by atoms with van der Waals surface area (Å²) in [4.78, 5) is 0. The molecule has 0 heterocycles. The molecule has 0 bridgehead atoms. The van der Waals surface area contributed by atoms with Crippen LogP contribution < -0.4 is 4.74 Å². The van der Waals surface area contributed by atoms with E-state index in [2.05, 4.69) is 36.6 Å². The lowest BCUT2D eigenvalue weighted by Gasteiger charge is -2.08. The molecular weight excluding hydrogens is 317 g/mol. The van der Waals surface area contributed by atoms with E-state index in [4.69, 9.17) is 0 Å². The van der Waals surface area contributed by atoms with Crippen LogP contribution in [0.2, 0.25) is 0 Å². The Morgan fingerprint density at radius 2 is 1.46 bits per heavy atom. The lowest BCUT2D eigenvalue weighted by Crippen LogP contribution is -1.98. The second-order valence-electron chi connectivity index (χ2n) is 2.10. The largest absolute Gasteiger partial charge is 0.492 e. The van der Waals surface area contributed by atoms with Crippen molar-refractivity contribution in [3.05, 3.63) is 26.4 Å². The van der Waals surface area contributed by atoms with Crippen molar-refractivity contribution in [1.29, 1.82) is 0 Å². The molecule has 0 atom stereocenters. The Hall–Kier alpha value is -0.230. The number of halogens is 5.